The summed E-state index contributed by atoms with van der Waals surface area (Å²) in [5, 5.41) is 0. The zero-order valence-electron chi connectivity index (χ0n) is 16.3. The van der Waals surface area contributed by atoms with E-state index in [4.69, 9.17) is 0 Å². The standard InChI is InChI=1S/C26H27FS/c27-25-17-22(21-10-8-20(9-11-21)19-5-2-6-19)12-15-24(25)26-16-14-23(28-26)13-7-18-3-1-4-18/h8-12,14-19H,1-7,13H2. The highest BCUT2D eigenvalue weighted by atomic mass is 32.1. The van der Waals surface area contributed by atoms with Crippen molar-refractivity contribution in [3.63, 3.8) is 0 Å². The molecule has 2 saturated carbocycles. The normalized spacial score (nSPS) is 17.3. The van der Waals surface area contributed by atoms with Gasteiger partial charge >= 0.3 is 0 Å². The molecule has 2 aliphatic carbocycles. The molecule has 0 atom stereocenters. The van der Waals surface area contributed by atoms with Gasteiger partial charge in [-0.05, 0) is 78.5 Å². The van der Waals surface area contributed by atoms with Crippen molar-refractivity contribution in [3.05, 3.63) is 70.9 Å². The van der Waals surface area contributed by atoms with Gasteiger partial charge in [-0.25, -0.2) is 4.39 Å². The summed E-state index contributed by atoms with van der Waals surface area (Å²) in [6, 6.07) is 18.7. The number of aryl methyl sites for hydroxylation is 1. The molecule has 0 radical (unpaired) electrons. The lowest BCUT2D eigenvalue weighted by molar-refractivity contribution is 0.297. The maximum absolute atomic E-state index is 14.9. The third-order valence-electron chi connectivity index (χ3n) is 6.74. The number of halogens is 1. The van der Waals surface area contributed by atoms with E-state index in [-0.39, 0.29) is 5.82 Å². The molecule has 28 heavy (non-hydrogen) atoms. The first kappa shape index (κ1) is 18.1. The molecule has 0 nitrogen and oxygen atoms in total. The quantitative estimate of drug-likeness (QED) is 0.398. The smallest absolute Gasteiger partial charge is 0.132 e. The Morgan fingerprint density at radius 1 is 0.821 bits per heavy atom. The van der Waals surface area contributed by atoms with E-state index in [0.717, 1.165) is 39.8 Å². The van der Waals surface area contributed by atoms with E-state index >= 15 is 0 Å². The van der Waals surface area contributed by atoms with Crippen LogP contribution in [0.15, 0.2) is 54.6 Å². The van der Waals surface area contributed by atoms with Crippen molar-refractivity contribution in [3.8, 4) is 21.6 Å². The molecule has 5 rings (SSSR count). The van der Waals surface area contributed by atoms with E-state index in [1.54, 1.807) is 17.4 Å². The molecule has 3 aromatic rings. The van der Waals surface area contributed by atoms with Gasteiger partial charge < -0.3 is 0 Å². The molecule has 1 heterocycles. The molecule has 2 aromatic carbocycles. The van der Waals surface area contributed by atoms with Gasteiger partial charge in [-0.1, -0.05) is 56.0 Å². The van der Waals surface area contributed by atoms with Crippen LogP contribution < -0.4 is 0 Å². The lowest BCUT2D eigenvalue weighted by atomic mass is 9.80. The van der Waals surface area contributed by atoms with Gasteiger partial charge in [-0.2, -0.15) is 0 Å². The van der Waals surface area contributed by atoms with Crippen molar-refractivity contribution in [2.75, 3.05) is 0 Å². The number of benzene rings is 2. The van der Waals surface area contributed by atoms with Crippen LogP contribution in [0, 0.1) is 11.7 Å². The van der Waals surface area contributed by atoms with E-state index in [2.05, 4.69) is 42.5 Å². The first-order valence-corrected chi connectivity index (χ1v) is 11.6. The average Bonchev–Trinajstić information content (AvgIpc) is 3.08. The van der Waals surface area contributed by atoms with Gasteiger partial charge in [-0.3, -0.25) is 0 Å². The van der Waals surface area contributed by atoms with Crippen molar-refractivity contribution >= 4 is 11.3 Å². The Labute approximate surface area is 171 Å². The van der Waals surface area contributed by atoms with Crippen LogP contribution in [0.4, 0.5) is 4.39 Å². The van der Waals surface area contributed by atoms with Gasteiger partial charge in [0.05, 0.1) is 0 Å². The lowest BCUT2D eigenvalue weighted by Crippen LogP contribution is -2.11. The highest BCUT2D eigenvalue weighted by Crippen LogP contribution is 2.38. The number of hydrogen-bond acceptors (Lipinski definition) is 1. The second kappa shape index (κ2) is 7.83. The van der Waals surface area contributed by atoms with Crippen LogP contribution in [0.1, 0.15) is 61.3 Å². The van der Waals surface area contributed by atoms with Crippen LogP contribution in [-0.4, -0.2) is 0 Å². The summed E-state index contributed by atoms with van der Waals surface area (Å²) in [6.45, 7) is 0. The van der Waals surface area contributed by atoms with E-state index in [1.807, 2.05) is 6.07 Å². The van der Waals surface area contributed by atoms with Crippen molar-refractivity contribution in [1.82, 2.24) is 0 Å². The molecule has 0 saturated heterocycles. The fourth-order valence-electron chi connectivity index (χ4n) is 4.37. The Morgan fingerprint density at radius 2 is 1.57 bits per heavy atom. The predicted molar refractivity (Wildman–Crippen MR) is 117 cm³/mol. The second-order valence-electron chi connectivity index (χ2n) is 8.55. The third-order valence-corrected chi connectivity index (χ3v) is 7.92. The van der Waals surface area contributed by atoms with Crippen molar-refractivity contribution in [1.29, 1.82) is 0 Å². The zero-order chi connectivity index (χ0) is 18.9. The summed E-state index contributed by atoms with van der Waals surface area (Å²) in [5.74, 6) is 1.55. The minimum Gasteiger partial charge on any atom is -0.206 e. The molecule has 1 aromatic heterocycles. The van der Waals surface area contributed by atoms with Crippen molar-refractivity contribution in [2.45, 2.75) is 57.3 Å². The van der Waals surface area contributed by atoms with E-state index in [1.165, 1.54) is 55.4 Å². The van der Waals surface area contributed by atoms with Crippen LogP contribution in [-0.2, 0) is 6.42 Å². The summed E-state index contributed by atoms with van der Waals surface area (Å²) in [5.41, 5.74) is 4.22. The second-order valence-corrected chi connectivity index (χ2v) is 9.71. The highest BCUT2D eigenvalue weighted by Gasteiger charge is 2.19. The van der Waals surface area contributed by atoms with Crippen LogP contribution in [0.3, 0.4) is 0 Å². The van der Waals surface area contributed by atoms with Gasteiger partial charge in [0.1, 0.15) is 5.82 Å². The summed E-state index contributed by atoms with van der Waals surface area (Å²) >= 11 is 1.75. The average molecular weight is 391 g/mol. The monoisotopic (exact) mass is 390 g/mol. The molecule has 2 fully saturated rings. The van der Waals surface area contributed by atoms with Crippen LogP contribution >= 0.6 is 11.3 Å². The molecule has 2 aliphatic rings. The number of thiophene rings is 1. The fourth-order valence-corrected chi connectivity index (χ4v) is 5.42. The Hall–Kier alpha value is -1.93. The van der Waals surface area contributed by atoms with Crippen LogP contribution in [0.25, 0.3) is 21.6 Å². The fraction of sp³-hybridized carbons (Fsp3) is 0.385. The predicted octanol–water partition coefficient (Wildman–Crippen LogP) is 8.22. The van der Waals surface area contributed by atoms with Gasteiger partial charge in [0.25, 0.3) is 0 Å². The molecule has 144 valence electrons. The summed E-state index contributed by atoms with van der Waals surface area (Å²) in [4.78, 5) is 2.44. The Balaban J connectivity index is 1.31. The molecule has 2 heteroatoms. The highest BCUT2D eigenvalue weighted by molar-refractivity contribution is 7.15. The Bertz CT molecular complexity index is 945. The van der Waals surface area contributed by atoms with Crippen molar-refractivity contribution in [2.24, 2.45) is 5.92 Å². The maximum atomic E-state index is 14.9. The molecule has 0 aliphatic heterocycles. The van der Waals surface area contributed by atoms with Crippen LogP contribution in [0.5, 0.6) is 0 Å². The number of rotatable bonds is 6. The minimum absolute atomic E-state index is 0.118. The van der Waals surface area contributed by atoms with E-state index in [0.29, 0.717) is 0 Å². The lowest BCUT2D eigenvalue weighted by Gasteiger charge is -2.25. The topological polar surface area (TPSA) is 0 Å². The zero-order valence-corrected chi connectivity index (χ0v) is 17.1. The molecule has 0 bridgehead atoms. The largest absolute Gasteiger partial charge is 0.206 e. The maximum Gasteiger partial charge on any atom is 0.132 e. The first-order valence-electron chi connectivity index (χ1n) is 10.8. The molecule has 0 amide bonds. The van der Waals surface area contributed by atoms with Gasteiger partial charge in [0.15, 0.2) is 0 Å². The third kappa shape index (κ3) is 3.67. The van der Waals surface area contributed by atoms with Crippen molar-refractivity contribution < 1.29 is 4.39 Å². The van der Waals surface area contributed by atoms with Gasteiger partial charge in [-0.15, -0.1) is 11.3 Å². The first-order chi connectivity index (χ1) is 13.8. The summed E-state index contributed by atoms with van der Waals surface area (Å²) in [6.07, 6.45) is 10.6. The Kier molecular flexibility index (Phi) is 5.07. The summed E-state index contributed by atoms with van der Waals surface area (Å²) in [7, 11) is 0. The van der Waals surface area contributed by atoms with E-state index in [9.17, 15) is 4.39 Å². The Morgan fingerprint density at radius 3 is 2.21 bits per heavy atom. The van der Waals surface area contributed by atoms with E-state index < -0.39 is 0 Å². The molecular weight excluding hydrogens is 363 g/mol. The molecule has 0 unspecified atom stereocenters. The SMILES string of the molecule is Fc1cc(-c2ccc(C3CCC3)cc2)ccc1-c1ccc(CCC2CCC2)s1. The minimum atomic E-state index is -0.118. The van der Waals surface area contributed by atoms with Gasteiger partial charge in [0, 0.05) is 15.3 Å². The molecule has 0 spiro atoms. The van der Waals surface area contributed by atoms with Gasteiger partial charge in [0.2, 0.25) is 0 Å². The summed E-state index contributed by atoms with van der Waals surface area (Å²) < 4.78 is 14.9. The molecular formula is C26H27FS. The number of hydrogen-bond donors (Lipinski definition) is 0. The molecule has 0 N–H and O–H groups in total. The van der Waals surface area contributed by atoms with Crippen LogP contribution in [0.2, 0.25) is 0 Å².